The summed E-state index contributed by atoms with van der Waals surface area (Å²) in [5.41, 5.74) is 2.29. The van der Waals surface area contributed by atoms with Crippen LogP contribution in [0.4, 0.5) is 11.4 Å². The molecule has 1 aromatic heterocycles. The Morgan fingerprint density at radius 1 is 0.920 bits per heavy atom. The molecule has 0 saturated heterocycles. The van der Waals surface area contributed by atoms with Crippen molar-refractivity contribution in [2.45, 2.75) is 0 Å². The number of nitrogens with one attached hydrogen (secondary N) is 1. The number of nitrogens with zero attached hydrogens (tertiary/aromatic N) is 1. The van der Waals surface area contributed by atoms with Gasteiger partial charge in [-0.2, -0.15) is 11.3 Å². The van der Waals surface area contributed by atoms with Crippen molar-refractivity contribution >= 4 is 40.4 Å². The molecule has 0 unspecified atom stereocenters. The van der Waals surface area contributed by atoms with E-state index in [0.717, 1.165) is 4.90 Å². The van der Waals surface area contributed by atoms with Gasteiger partial charge in [-0.1, -0.05) is 18.2 Å². The van der Waals surface area contributed by atoms with Gasteiger partial charge in [0.1, 0.15) is 0 Å². The molecule has 0 aliphatic carbocycles. The van der Waals surface area contributed by atoms with Gasteiger partial charge in [-0.25, -0.2) is 4.90 Å². The maximum atomic E-state index is 12.5. The van der Waals surface area contributed by atoms with Crippen LogP contribution in [0.3, 0.4) is 0 Å². The maximum absolute atomic E-state index is 12.5. The Morgan fingerprint density at radius 3 is 2.28 bits per heavy atom. The molecular formula is C19H12N2O3S. The Hall–Kier alpha value is -3.25. The topological polar surface area (TPSA) is 66.5 Å². The van der Waals surface area contributed by atoms with Crippen molar-refractivity contribution in [2.75, 3.05) is 10.2 Å². The second kappa shape index (κ2) is 5.99. The lowest BCUT2D eigenvalue weighted by Gasteiger charge is -2.15. The first kappa shape index (κ1) is 15.3. The van der Waals surface area contributed by atoms with Gasteiger partial charge in [0.15, 0.2) is 0 Å². The Labute approximate surface area is 147 Å². The Morgan fingerprint density at radius 2 is 1.64 bits per heavy atom. The Kier molecular flexibility index (Phi) is 3.66. The highest BCUT2D eigenvalue weighted by Gasteiger charge is 2.36. The monoisotopic (exact) mass is 348 g/mol. The largest absolute Gasteiger partial charge is 0.322 e. The Balaban J connectivity index is 1.63. The first-order valence-electron chi connectivity index (χ1n) is 7.56. The molecule has 0 fully saturated rings. The Bertz CT molecular complexity index is 960. The van der Waals surface area contributed by atoms with Crippen LogP contribution in [0.1, 0.15) is 31.1 Å². The first-order chi connectivity index (χ1) is 12.1. The first-order valence-corrected chi connectivity index (χ1v) is 8.51. The molecule has 1 aliphatic rings. The second-order valence-corrected chi connectivity index (χ2v) is 6.29. The zero-order valence-electron chi connectivity index (χ0n) is 12.9. The van der Waals surface area contributed by atoms with E-state index >= 15 is 0 Å². The third-order valence-corrected chi connectivity index (χ3v) is 4.62. The molecule has 4 rings (SSSR count). The van der Waals surface area contributed by atoms with Crippen LogP contribution in [-0.2, 0) is 0 Å². The van der Waals surface area contributed by atoms with Crippen LogP contribution < -0.4 is 10.2 Å². The third-order valence-electron chi connectivity index (χ3n) is 3.94. The van der Waals surface area contributed by atoms with Crippen LogP contribution >= 0.6 is 11.3 Å². The van der Waals surface area contributed by atoms with Crippen LogP contribution in [0.25, 0.3) is 0 Å². The molecular weight excluding hydrogens is 336 g/mol. The lowest BCUT2D eigenvalue weighted by atomic mass is 10.1. The predicted octanol–water partition coefficient (Wildman–Crippen LogP) is 3.80. The maximum Gasteiger partial charge on any atom is 0.266 e. The van der Waals surface area contributed by atoms with Crippen LogP contribution in [0.15, 0.2) is 65.4 Å². The minimum Gasteiger partial charge on any atom is -0.322 e. The molecule has 122 valence electrons. The highest BCUT2D eigenvalue weighted by molar-refractivity contribution is 7.08. The fourth-order valence-electron chi connectivity index (χ4n) is 2.74. The molecule has 2 heterocycles. The number of hydrogen-bond donors (Lipinski definition) is 1. The van der Waals surface area contributed by atoms with Gasteiger partial charge in [-0.15, -0.1) is 0 Å². The fourth-order valence-corrected chi connectivity index (χ4v) is 3.38. The summed E-state index contributed by atoms with van der Waals surface area (Å²) < 4.78 is 0. The smallest absolute Gasteiger partial charge is 0.266 e. The molecule has 25 heavy (non-hydrogen) atoms. The molecule has 3 aromatic rings. The average molecular weight is 348 g/mol. The van der Waals surface area contributed by atoms with E-state index in [1.807, 2.05) is 5.38 Å². The van der Waals surface area contributed by atoms with Gasteiger partial charge in [0.25, 0.3) is 17.7 Å². The quantitative estimate of drug-likeness (QED) is 0.732. The SMILES string of the molecule is O=C(Nc1cccc(N2C(=O)c3ccccc3C2=O)c1)c1ccsc1. The molecule has 1 aliphatic heterocycles. The van der Waals surface area contributed by atoms with E-state index in [1.165, 1.54) is 11.3 Å². The summed E-state index contributed by atoms with van der Waals surface area (Å²) in [6, 6.07) is 15.2. The van der Waals surface area contributed by atoms with Gasteiger partial charge in [0, 0.05) is 11.1 Å². The van der Waals surface area contributed by atoms with E-state index in [2.05, 4.69) is 5.32 Å². The van der Waals surface area contributed by atoms with Gasteiger partial charge >= 0.3 is 0 Å². The summed E-state index contributed by atoms with van der Waals surface area (Å²) in [6.07, 6.45) is 0. The lowest BCUT2D eigenvalue weighted by Crippen LogP contribution is -2.29. The minimum atomic E-state index is -0.359. The van der Waals surface area contributed by atoms with E-state index in [1.54, 1.807) is 60.0 Å². The van der Waals surface area contributed by atoms with Crippen molar-refractivity contribution in [3.8, 4) is 0 Å². The summed E-state index contributed by atoms with van der Waals surface area (Å²) in [7, 11) is 0. The van der Waals surface area contributed by atoms with Crippen molar-refractivity contribution < 1.29 is 14.4 Å². The molecule has 0 radical (unpaired) electrons. The van der Waals surface area contributed by atoms with Gasteiger partial charge in [0.2, 0.25) is 0 Å². The van der Waals surface area contributed by atoms with Crippen molar-refractivity contribution in [2.24, 2.45) is 0 Å². The summed E-state index contributed by atoms with van der Waals surface area (Å²) >= 11 is 1.44. The van der Waals surface area contributed by atoms with Crippen molar-refractivity contribution in [1.82, 2.24) is 0 Å². The molecule has 2 aromatic carbocycles. The summed E-state index contributed by atoms with van der Waals surface area (Å²) in [4.78, 5) is 38.4. The normalized spacial score (nSPS) is 13.0. The number of imide groups is 1. The third kappa shape index (κ3) is 2.62. The minimum absolute atomic E-state index is 0.235. The number of hydrogen-bond acceptors (Lipinski definition) is 4. The van der Waals surface area contributed by atoms with Crippen LogP contribution in [0.2, 0.25) is 0 Å². The molecule has 5 nitrogen and oxygen atoms in total. The number of carbonyl (C=O) groups is 3. The van der Waals surface area contributed by atoms with E-state index < -0.39 is 0 Å². The fraction of sp³-hybridized carbons (Fsp3) is 0. The lowest BCUT2D eigenvalue weighted by molar-refractivity contribution is 0.0925. The van der Waals surface area contributed by atoms with Crippen LogP contribution in [0, 0.1) is 0 Å². The number of anilines is 2. The van der Waals surface area contributed by atoms with Gasteiger partial charge in [0.05, 0.1) is 22.4 Å². The number of benzene rings is 2. The van der Waals surface area contributed by atoms with Crippen molar-refractivity contribution in [1.29, 1.82) is 0 Å². The molecule has 0 saturated carbocycles. The molecule has 3 amide bonds. The number of thiophene rings is 1. The van der Waals surface area contributed by atoms with Crippen molar-refractivity contribution in [3.05, 3.63) is 82.0 Å². The van der Waals surface area contributed by atoms with Gasteiger partial charge in [-0.3, -0.25) is 14.4 Å². The number of fused-ring (bicyclic) bond motifs is 1. The summed E-state index contributed by atoms with van der Waals surface area (Å²) in [5, 5.41) is 6.35. The van der Waals surface area contributed by atoms with Gasteiger partial charge in [-0.05, 0) is 41.8 Å². The zero-order chi connectivity index (χ0) is 17.4. The predicted molar refractivity (Wildman–Crippen MR) is 96.3 cm³/mol. The van der Waals surface area contributed by atoms with Gasteiger partial charge < -0.3 is 5.32 Å². The van der Waals surface area contributed by atoms with E-state index in [-0.39, 0.29) is 17.7 Å². The standard InChI is InChI=1S/C19H12N2O3S/c22-17(12-8-9-25-11-12)20-13-4-3-5-14(10-13)21-18(23)15-6-1-2-7-16(15)19(21)24/h1-11H,(H,20,22). The number of carbonyl (C=O) groups excluding carboxylic acids is 3. The van der Waals surface area contributed by atoms with E-state index in [0.29, 0.717) is 28.1 Å². The van der Waals surface area contributed by atoms with E-state index in [4.69, 9.17) is 0 Å². The molecule has 1 N–H and O–H groups in total. The number of rotatable bonds is 3. The van der Waals surface area contributed by atoms with Crippen molar-refractivity contribution in [3.63, 3.8) is 0 Å². The second-order valence-electron chi connectivity index (χ2n) is 5.51. The highest BCUT2D eigenvalue weighted by Crippen LogP contribution is 2.29. The molecule has 6 heteroatoms. The molecule has 0 spiro atoms. The van der Waals surface area contributed by atoms with E-state index in [9.17, 15) is 14.4 Å². The molecule has 0 bridgehead atoms. The zero-order valence-corrected chi connectivity index (χ0v) is 13.7. The average Bonchev–Trinajstić information content (AvgIpc) is 3.24. The molecule has 0 atom stereocenters. The van der Waals surface area contributed by atoms with Crippen LogP contribution in [0.5, 0.6) is 0 Å². The summed E-state index contributed by atoms with van der Waals surface area (Å²) in [6.45, 7) is 0. The van der Waals surface area contributed by atoms with Crippen LogP contribution in [-0.4, -0.2) is 17.7 Å². The summed E-state index contributed by atoms with van der Waals surface area (Å²) in [5.74, 6) is -0.954. The highest BCUT2D eigenvalue weighted by atomic mass is 32.1. The number of amides is 3.